The van der Waals surface area contributed by atoms with Crippen molar-refractivity contribution in [3.8, 4) is 0 Å². The Kier molecular flexibility index (Phi) is 16.3. The van der Waals surface area contributed by atoms with E-state index in [0.29, 0.717) is 0 Å². The van der Waals surface area contributed by atoms with Crippen LogP contribution in [0, 0.1) is 39.5 Å². The van der Waals surface area contributed by atoms with E-state index in [-0.39, 0.29) is 10.8 Å². The van der Waals surface area contributed by atoms with Crippen LogP contribution in [0.4, 0.5) is 0 Å². The molecule has 0 radical (unpaired) electrons. The van der Waals surface area contributed by atoms with Gasteiger partial charge in [0.1, 0.15) is 27.2 Å². The number of hydrogen-bond acceptors (Lipinski definition) is 0. The molecule has 2 atom stereocenters. The van der Waals surface area contributed by atoms with E-state index in [4.69, 9.17) is 0 Å². The van der Waals surface area contributed by atoms with Crippen LogP contribution in [0.3, 0.4) is 0 Å². The van der Waals surface area contributed by atoms with Gasteiger partial charge in [0.25, 0.3) is 0 Å². The van der Waals surface area contributed by atoms with E-state index >= 15 is 0 Å². The van der Waals surface area contributed by atoms with Gasteiger partial charge in [-0.3, -0.25) is 0 Å². The summed E-state index contributed by atoms with van der Waals surface area (Å²) in [7, 11) is 4.56. The first-order valence-electron chi connectivity index (χ1n) is 17.7. The Hall–Kier alpha value is -2.22. The Labute approximate surface area is 275 Å². The molecule has 0 amide bonds. The van der Waals surface area contributed by atoms with Crippen molar-refractivity contribution in [2.24, 2.45) is 11.8 Å². The average molecular weight is 605 g/mol. The molecule has 248 valence electrons. The maximum Gasteiger partial charge on any atom is 0.170 e. The first kappa shape index (κ1) is 39.8. The fourth-order valence-electron chi connectivity index (χ4n) is 6.68. The summed E-state index contributed by atoms with van der Waals surface area (Å²) < 4.78 is 4.95. The Morgan fingerprint density at radius 2 is 0.886 bits per heavy atom. The number of rotatable bonds is 6. The SMILES string of the molecule is CCC.CCC.Cc1cc(C=[N+](C)CC2CCCCC2C[N+](C)=Cc2cc(C)cc(C(C)(C)C)c2C)c(C)c(C(C)(C)C)c1. The number of benzene rings is 2. The van der Waals surface area contributed by atoms with Crippen molar-refractivity contribution in [2.45, 2.75) is 146 Å². The second-order valence-corrected chi connectivity index (χ2v) is 15.9. The van der Waals surface area contributed by atoms with E-state index < -0.39 is 0 Å². The summed E-state index contributed by atoms with van der Waals surface area (Å²) in [6.45, 7) is 33.8. The van der Waals surface area contributed by atoms with Crippen molar-refractivity contribution in [1.82, 2.24) is 0 Å². The summed E-state index contributed by atoms with van der Waals surface area (Å²) in [6, 6.07) is 9.46. The van der Waals surface area contributed by atoms with Crippen LogP contribution in [-0.4, -0.2) is 48.8 Å². The molecule has 0 saturated heterocycles. The van der Waals surface area contributed by atoms with Gasteiger partial charge in [0.2, 0.25) is 0 Å². The molecule has 2 heteroatoms. The molecule has 1 aliphatic rings. The molecule has 0 N–H and O–H groups in total. The van der Waals surface area contributed by atoms with E-state index in [1.807, 2.05) is 0 Å². The molecule has 0 aromatic heterocycles. The standard InChI is InChI=1S/C36H56N2.2C3H8/c1-25-17-31(27(3)33(19-25)35(5,6)7)23-37(11)21-29-15-13-14-16-30(29)22-38(12)24-32-18-26(2)20-34(28(32)4)36(8,9)10;2*1-3-2/h17-20,23-24,29-30H,13-16,21-22H2,1-12H3;2*3H2,1-2H3/q+2;;. The molecule has 2 aromatic carbocycles. The summed E-state index contributed by atoms with van der Waals surface area (Å²) in [5.41, 5.74) is 11.6. The lowest BCUT2D eigenvalue weighted by Crippen LogP contribution is -2.33. The molecule has 0 bridgehead atoms. The summed E-state index contributed by atoms with van der Waals surface area (Å²) in [5, 5.41) is 0. The largest absolute Gasteiger partial charge is 0.238 e. The van der Waals surface area contributed by atoms with E-state index in [0.717, 1.165) is 24.9 Å². The van der Waals surface area contributed by atoms with Crippen LogP contribution in [0.15, 0.2) is 24.3 Å². The zero-order valence-corrected chi connectivity index (χ0v) is 32.2. The molecule has 3 rings (SSSR count). The number of hydrogen-bond donors (Lipinski definition) is 0. The van der Waals surface area contributed by atoms with Gasteiger partial charge >= 0.3 is 0 Å². The summed E-state index contributed by atoms with van der Waals surface area (Å²) >= 11 is 0. The van der Waals surface area contributed by atoms with Gasteiger partial charge in [-0.1, -0.05) is 107 Å². The fourth-order valence-corrected chi connectivity index (χ4v) is 6.68. The van der Waals surface area contributed by atoms with E-state index in [1.54, 1.807) is 0 Å². The van der Waals surface area contributed by atoms with Crippen molar-refractivity contribution in [3.63, 3.8) is 0 Å². The third-order valence-electron chi connectivity index (χ3n) is 8.63. The highest BCUT2D eigenvalue weighted by molar-refractivity contribution is 5.80. The van der Waals surface area contributed by atoms with E-state index in [2.05, 4.69) is 157 Å². The highest BCUT2D eigenvalue weighted by atomic mass is 15.0. The van der Waals surface area contributed by atoms with Crippen molar-refractivity contribution in [1.29, 1.82) is 0 Å². The van der Waals surface area contributed by atoms with Crippen molar-refractivity contribution in [3.05, 3.63) is 68.8 Å². The molecule has 1 saturated carbocycles. The fraction of sp³-hybridized carbons (Fsp3) is 0.667. The first-order valence-corrected chi connectivity index (χ1v) is 17.7. The van der Waals surface area contributed by atoms with Crippen molar-refractivity contribution in [2.75, 3.05) is 27.2 Å². The maximum atomic E-state index is 2.47. The smallest absolute Gasteiger partial charge is 0.170 e. The van der Waals surface area contributed by atoms with Crippen LogP contribution in [0.2, 0.25) is 0 Å². The van der Waals surface area contributed by atoms with Crippen LogP contribution in [0.1, 0.15) is 152 Å². The lowest BCUT2D eigenvalue weighted by molar-refractivity contribution is -0.520. The molecular weight excluding hydrogens is 532 g/mol. The van der Waals surface area contributed by atoms with Gasteiger partial charge in [0, 0.05) is 23.0 Å². The Morgan fingerprint density at radius 3 is 1.16 bits per heavy atom. The topological polar surface area (TPSA) is 6.02 Å². The van der Waals surface area contributed by atoms with Crippen molar-refractivity contribution < 1.29 is 9.15 Å². The third-order valence-corrected chi connectivity index (χ3v) is 8.63. The van der Waals surface area contributed by atoms with Crippen molar-refractivity contribution >= 4 is 12.4 Å². The lowest BCUT2D eigenvalue weighted by Gasteiger charge is -2.28. The highest BCUT2D eigenvalue weighted by Gasteiger charge is 2.31. The summed E-state index contributed by atoms with van der Waals surface area (Å²) in [6.07, 6.45) is 12.7. The van der Waals surface area contributed by atoms with Crippen LogP contribution < -0.4 is 0 Å². The molecule has 0 aliphatic heterocycles. The van der Waals surface area contributed by atoms with Gasteiger partial charge in [-0.05, 0) is 96.9 Å². The Morgan fingerprint density at radius 1 is 0.591 bits per heavy atom. The normalized spacial score (nSPS) is 17.8. The monoisotopic (exact) mass is 605 g/mol. The molecular formula is C42H72N2+2. The molecule has 1 fully saturated rings. The number of aryl methyl sites for hydroxylation is 2. The quantitative estimate of drug-likeness (QED) is 0.228. The third kappa shape index (κ3) is 12.6. The second kappa shape index (κ2) is 18.1. The minimum Gasteiger partial charge on any atom is -0.238 e. The van der Waals surface area contributed by atoms with Gasteiger partial charge in [-0.25, -0.2) is 9.15 Å². The van der Waals surface area contributed by atoms with Gasteiger partial charge in [0.15, 0.2) is 12.4 Å². The second-order valence-electron chi connectivity index (χ2n) is 15.9. The van der Waals surface area contributed by atoms with Gasteiger partial charge in [-0.2, -0.15) is 0 Å². The molecule has 2 nitrogen and oxygen atoms in total. The summed E-state index contributed by atoms with van der Waals surface area (Å²) in [5.74, 6) is 1.47. The molecule has 0 heterocycles. The minimum atomic E-state index is 0.163. The van der Waals surface area contributed by atoms with Gasteiger partial charge in [-0.15, -0.1) is 0 Å². The molecule has 0 spiro atoms. The summed E-state index contributed by atoms with van der Waals surface area (Å²) in [4.78, 5) is 0. The maximum absolute atomic E-state index is 2.47. The van der Waals surface area contributed by atoms with Crippen LogP contribution in [0.5, 0.6) is 0 Å². The van der Waals surface area contributed by atoms with E-state index in [9.17, 15) is 0 Å². The van der Waals surface area contributed by atoms with E-state index in [1.165, 1.54) is 83.0 Å². The molecule has 2 aromatic rings. The Bertz CT molecular complexity index is 1130. The average Bonchev–Trinajstić information content (AvgIpc) is 2.88. The van der Waals surface area contributed by atoms with Crippen LogP contribution in [-0.2, 0) is 10.8 Å². The zero-order chi connectivity index (χ0) is 33.8. The van der Waals surface area contributed by atoms with Crippen LogP contribution >= 0.6 is 0 Å². The number of nitrogens with zero attached hydrogens (tertiary/aromatic N) is 2. The highest BCUT2D eigenvalue weighted by Crippen LogP contribution is 2.32. The molecule has 1 aliphatic carbocycles. The van der Waals surface area contributed by atoms with Gasteiger partial charge in [0.05, 0.1) is 0 Å². The molecule has 2 unspecified atom stereocenters. The Balaban J connectivity index is 0.00000149. The van der Waals surface area contributed by atoms with Crippen LogP contribution in [0.25, 0.3) is 0 Å². The zero-order valence-electron chi connectivity index (χ0n) is 32.2. The predicted molar refractivity (Wildman–Crippen MR) is 199 cm³/mol. The minimum absolute atomic E-state index is 0.163. The lowest BCUT2D eigenvalue weighted by atomic mass is 9.78. The first-order chi connectivity index (χ1) is 20.4. The van der Waals surface area contributed by atoms with Gasteiger partial charge < -0.3 is 0 Å². The predicted octanol–water partition coefficient (Wildman–Crippen LogP) is 11.0. The molecule has 44 heavy (non-hydrogen) atoms.